The maximum absolute atomic E-state index is 8.36. The van der Waals surface area contributed by atoms with Crippen molar-refractivity contribution in [2.45, 2.75) is 19.3 Å². The molecule has 0 aromatic carbocycles. The van der Waals surface area contributed by atoms with Crippen LogP contribution in [0.1, 0.15) is 19.3 Å². The van der Waals surface area contributed by atoms with Crippen LogP contribution < -0.4 is 0 Å². The van der Waals surface area contributed by atoms with Gasteiger partial charge >= 0.3 is 0 Å². The topological polar surface area (TPSA) is 20.2 Å². The highest BCUT2D eigenvalue weighted by Gasteiger charge is 1.79. The number of aliphatic hydroxyl groups excluding tert-OH is 1. The fourth-order valence-corrected chi connectivity index (χ4v) is 0.503. The first-order chi connectivity index (χ1) is 4.41. The van der Waals surface area contributed by atoms with E-state index < -0.39 is 0 Å². The molecule has 2 heteroatoms. The number of allylic oxidation sites excluding steroid dienone is 1. The summed E-state index contributed by atoms with van der Waals surface area (Å²) in [5, 5.41) is 8.36. The third kappa shape index (κ3) is 10.5. The van der Waals surface area contributed by atoms with Gasteiger partial charge < -0.3 is 5.11 Å². The minimum atomic E-state index is 0. The van der Waals surface area contributed by atoms with E-state index in [-0.39, 0.29) is 19.0 Å². The van der Waals surface area contributed by atoms with Crippen molar-refractivity contribution >= 4 is 12.4 Å². The van der Waals surface area contributed by atoms with Crippen molar-refractivity contribution in [3.63, 3.8) is 0 Å². The van der Waals surface area contributed by atoms with Crippen molar-refractivity contribution < 1.29 is 5.11 Å². The van der Waals surface area contributed by atoms with Crippen molar-refractivity contribution in [3.8, 4) is 0 Å². The van der Waals surface area contributed by atoms with Gasteiger partial charge in [-0.3, -0.25) is 0 Å². The molecule has 58 valence electrons. The molecule has 0 aromatic heterocycles. The summed E-state index contributed by atoms with van der Waals surface area (Å²) in [5.74, 6) is 0. The van der Waals surface area contributed by atoms with Gasteiger partial charge in [-0.05, 0) is 31.9 Å². The maximum Gasteiger partial charge on any atom is 0.0431 e. The summed E-state index contributed by atoms with van der Waals surface area (Å²) in [6.07, 6.45) is 4.73. The van der Waals surface area contributed by atoms with Gasteiger partial charge in [-0.25, -0.2) is 0 Å². The van der Waals surface area contributed by atoms with Crippen LogP contribution in [0.2, 0.25) is 0 Å². The smallest absolute Gasteiger partial charge is 0.0431 e. The van der Waals surface area contributed by atoms with Crippen LogP contribution >= 0.6 is 12.4 Å². The second-order valence-electron chi connectivity index (χ2n) is 1.74. The second kappa shape index (κ2) is 11.4. The lowest BCUT2D eigenvalue weighted by atomic mass is 10.2. The summed E-state index contributed by atoms with van der Waals surface area (Å²) < 4.78 is 0. The second-order valence-corrected chi connectivity index (χ2v) is 1.74. The molecule has 0 aliphatic rings. The van der Waals surface area contributed by atoms with Crippen molar-refractivity contribution in [1.29, 1.82) is 0 Å². The van der Waals surface area contributed by atoms with E-state index in [4.69, 9.17) is 5.11 Å². The zero-order valence-corrected chi connectivity index (χ0v) is 6.78. The molecule has 10 heavy (non-hydrogen) atoms. The Kier molecular flexibility index (Phi) is 13.9. The van der Waals surface area contributed by atoms with Gasteiger partial charge in [-0.15, -0.1) is 12.4 Å². The minimum Gasteiger partial charge on any atom is -0.396 e. The lowest BCUT2D eigenvalue weighted by Gasteiger charge is -1.87. The number of hydrogen-bond acceptors (Lipinski definition) is 1. The van der Waals surface area contributed by atoms with E-state index in [1.54, 1.807) is 0 Å². The summed E-state index contributed by atoms with van der Waals surface area (Å²) in [4.78, 5) is 0. The van der Waals surface area contributed by atoms with Gasteiger partial charge in [0.25, 0.3) is 0 Å². The first-order valence-electron chi connectivity index (χ1n) is 3.12. The third-order valence-electron chi connectivity index (χ3n) is 0.961. The number of aliphatic hydroxyl groups is 1. The molecule has 0 atom stereocenters. The van der Waals surface area contributed by atoms with Crippen molar-refractivity contribution in [3.05, 3.63) is 24.1 Å². The highest BCUT2D eigenvalue weighted by molar-refractivity contribution is 5.85. The number of halogens is 1. The molecule has 0 amide bonds. The minimum absolute atomic E-state index is 0. The Morgan fingerprint density at radius 1 is 1.40 bits per heavy atom. The standard InChI is InChI=1S/C8H12O.ClH/c1-2-3-4-5-6-7-8-9;/h4,9H,1,5-8H2;1H. The molecule has 0 saturated carbocycles. The first-order valence-corrected chi connectivity index (χ1v) is 3.12. The van der Waals surface area contributed by atoms with E-state index >= 15 is 0 Å². The molecule has 0 bridgehead atoms. The van der Waals surface area contributed by atoms with E-state index in [0.717, 1.165) is 19.3 Å². The Balaban J connectivity index is 0. The fraction of sp³-hybridized carbons (Fsp3) is 0.500. The Labute approximate surface area is 68.2 Å². The van der Waals surface area contributed by atoms with Gasteiger partial charge in [0.1, 0.15) is 0 Å². The molecule has 0 unspecified atom stereocenters. The molecule has 0 rings (SSSR count). The van der Waals surface area contributed by atoms with E-state index in [2.05, 4.69) is 18.0 Å². The third-order valence-corrected chi connectivity index (χ3v) is 0.961. The molecule has 0 saturated heterocycles. The summed E-state index contributed by atoms with van der Waals surface area (Å²) in [5.41, 5.74) is 5.27. The highest BCUT2D eigenvalue weighted by Crippen LogP contribution is 1.93. The largest absolute Gasteiger partial charge is 0.396 e. The normalized spacial score (nSPS) is 6.90. The van der Waals surface area contributed by atoms with Crippen LogP contribution in [-0.4, -0.2) is 11.7 Å². The predicted molar refractivity (Wildman–Crippen MR) is 45.4 cm³/mol. The van der Waals surface area contributed by atoms with Crippen LogP contribution in [-0.2, 0) is 0 Å². The zero-order chi connectivity index (χ0) is 6.95. The molecular formula is C8H13ClO. The molecule has 0 fully saturated rings. The monoisotopic (exact) mass is 160 g/mol. The number of hydrogen-bond donors (Lipinski definition) is 1. The Hall–Kier alpha value is -0.450. The van der Waals surface area contributed by atoms with E-state index in [1.165, 1.54) is 0 Å². The molecular weight excluding hydrogens is 148 g/mol. The average molecular weight is 161 g/mol. The molecule has 0 heterocycles. The van der Waals surface area contributed by atoms with Gasteiger partial charge in [0.15, 0.2) is 0 Å². The zero-order valence-electron chi connectivity index (χ0n) is 5.97. The average Bonchev–Trinajstić information content (AvgIpc) is 1.89. The maximum atomic E-state index is 8.36. The van der Waals surface area contributed by atoms with Gasteiger partial charge in [-0.2, -0.15) is 0 Å². The van der Waals surface area contributed by atoms with E-state index in [0.29, 0.717) is 0 Å². The summed E-state index contributed by atoms with van der Waals surface area (Å²) >= 11 is 0. The number of unbranched alkanes of at least 4 members (excludes halogenated alkanes) is 2. The molecule has 0 aliphatic heterocycles. The molecule has 0 radical (unpaired) electrons. The van der Waals surface area contributed by atoms with Crippen molar-refractivity contribution in [2.24, 2.45) is 0 Å². The van der Waals surface area contributed by atoms with Gasteiger partial charge in [0.05, 0.1) is 0 Å². The van der Waals surface area contributed by atoms with E-state index in [9.17, 15) is 0 Å². The predicted octanol–water partition coefficient (Wildman–Crippen LogP) is 2.07. The fourth-order valence-electron chi connectivity index (χ4n) is 0.503. The van der Waals surface area contributed by atoms with Crippen LogP contribution in [0.4, 0.5) is 0 Å². The van der Waals surface area contributed by atoms with Gasteiger partial charge in [-0.1, -0.05) is 11.5 Å². The van der Waals surface area contributed by atoms with Crippen LogP contribution in [0.25, 0.3) is 0 Å². The lowest BCUT2D eigenvalue weighted by molar-refractivity contribution is 0.285. The van der Waals surface area contributed by atoms with Gasteiger partial charge in [0.2, 0.25) is 0 Å². The summed E-state index contributed by atoms with van der Waals surface area (Å²) in [6, 6.07) is 0. The summed E-state index contributed by atoms with van der Waals surface area (Å²) in [6.45, 7) is 3.65. The molecule has 1 N–H and O–H groups in total. The van der Waals surface area contributed by atoms with E-state index in [1.807, 2.05) is 6.08 Å². The highest BCUT2D eigenvalue weighted by atomic mass is 35.5. The van der Waals surface area contributed by atoms with Crippen LogP contribution in [0.5, 0.6) is 0 Å². The Morgan fingerprint density at radius 2 is 2.10 bits per heavy atom. The van der Waals surface area contributed by atoms with Crippen LogP contribution in [0, 0.1) is 0 Å². The Bertz CT molecular complexity index is 130. The Morgan fingerprint density at radius 3 is 2.60 bits per heavy atom. The SMILES string of the molecule is C=C=C=CCCCCO.Cl. The molecule has 0 aliphatic carbocycles. The van der Waals surface area contributed by atoms with Crippen LogP contribution in [0.3, 0.4) is 0 Å². The summed E-state index contributed by atoms with van der Waals surface area (Å²) in [7, 11) is 0. The molecule has 0 aromatic rings. The lowest BCUT2D eigenvalue weighted by Crippen LogP contribution is -1.79. The van der Waals surface area contributed by atoms with Crippen LogP contribution in [0.15, 0.2) is 24.1 Å². The molecule has 0 spiro atoms. The van der Waals surface area contributed by atoms with Crippen molar-refractivity contribution in [2.75, 3.05) is 6.61 Å². The number of rotatable bonds is 4. The van der Waals surface area contributed by atoms with Crippen molar-refractivity contribution in [1.82, 2.24) is 0 Å². The first kappa shape index (κ1) is 12.2. The molecule has 1 nitrogen and oxygen atoms in total. The van der Waals surface area contributed by atoms with Gasteiger partial charge in [0, 0.05) is 6.61 Å². The quantitative estimate of drug-likeness (QED) is 0.493.